The van der Waals surface area contributed by atoms with Crippen LogP contribution < -0.4 is 9.91 Å². The molecule has 0 bridgehead atoms. The van der Waals surface area contributed by atoms with Crippen molar-refractivity contribution in [3.05, 3.63) is 89.4 Å². The predicted octanol–water partition coefficient (Wildman–Crippen LogP) is 4.41. The van der Waals surface area contributed by atoms with Crippen LogP contribution in [0.1, 0.15) is 34.3 Å². The molecule has 32 heavy (non-hydrogen) atoms. The number of hydrogen-bond acceptors (Lipinski definition) is 5. The number of carbonyl (C=O) groups excluding carboxylic acids is 1. The van der Waals surface area contributed by atoms with Crippen LogP contribution >= 0.6 is 0 Å². The summed E-state index contributed by atoms with van der Waals surface area (Å²) in [5.41, 5.74) is 4.12. The van der Waals surface area contributed by atoms with Crippen molar-refractivity contribution in [3.8, 4) is 0 Å². The molecule has 3 aromatic rings. The number of benzene rings is 2. The third-order valence-electron chi connectivity index (χ3n) is 5.69. The summed E-state index contributed by atoms with van der Waals surface area (Å²) in [6.45, 7) is 2.14. The molecule has 2 aromatic carbocycles. The number of hydrogen-bond donors (Lipinski definition) is 1. The van der Waals surface area contributed by atoms with Gasteiger partial charge in [0, 0.05) is 24.3 Å². The van der Waals surface area contributed by atoms with Crippen molar-refractivity contribution in [2.24, 2.45) is 5.10 Å². The molecule has 160 valence electrons. The molecule has 1 saturated heterocycles. The molecule has 1 fully saturated rings. The highest BCUT2D eigenvalue weighted by Gasteiger charge is 2.32. The molecule has 0 spiro atoms. The average Bonchev–Trinajstić information content (AvgIpc) is 3.57. The molecule has 0 radical (unpaired) electrons. The number of carboxylic acids is 1. The van der Waals surface area contributed by atoms with Crippen molar-refractivity contribution in [2.45, 2.75) is 12.8 Å². The number of hydrazone groups is 1. The highest BCUT2D eigenvalue weighted by Crippen LogP contribution is 2.29. The molecule has 1 N–H and O–H groups in total. The Kier molecular flexibility index (Phi) is 5.07. The molecule has 0 aliphatic carbocycles. The van der Waals surface area contributed by atoms with Gasteiger partial charge in [-0.2, -0.15) is 10.1 Å². The minimum absolute atomic E-state index is 0.0882. The van der Waals surface area contributed by atoms with Gasteiger partial charge in [0.1, 0.15) is 5.71 Å². The molecule has 2 aliphatic rings. The van der Waals surface area contributed by atoms with Crippen LogP contribution in [0, 0.1) is 0 Å². The molecule has 1 aromatic heterocycles. The average molecular weight is 427 g/mol. The van der Waals surface area contributed by atoms with E-state index in [1.54, 1.807) is 18.2 Å². The first-order chi connectivity index (χ1) is 15.6. The van der Waals surface area contributed by atoms with Crippen LogP contribution in [0.4, 0.5) is 11.4 Å². The maximum absolute atomic E-state index is 13.3. The zero-order valence-corrected chi connectivity index (χ0v) is 17.3. The van der Waals surface area contributed by atoms with Crippen LogP contribution in [-0.4, -0.2) is 35.8 Å². The van der Waals surface area contributed by atoms with Gasteiger partial charge in [0.25, 0.3) is 5.91 Å². The number of amides is 1. The summed E-state index contributed by atoms with van der Waals surface area (Å²) in [5, 5.41) is 15.0. The topological polar surface area (TPSA) is 86.3 Å². The summed E-state index contributed by atoms with van der Waals surface area (Å²) in [6, 6.07) is 16.0. The van der Waals surface area contributed by atoms with Crippen LogP contribution in [0.25, 0.3) is 6.08 Å². The second-order valence-corrected chi connectivity index (χ2v) is 7.78. The lowest BCUT2D eigenvalue weighted by Gasteiger charge is -2.17. The molecule has 7 nitrogen and oxygen atoms in total. The molecule has 7 heteroatoms. The Morgan fingerprint density at radius 3 is 2.50 bits per heavy atom. The van der Waals surface area contributed by atoms with Crippen molar-refractivity contribution < 1.29 is 19.1 Å². The predicted molar refractivity (Wildman–Crippen MR) is 122 cm³/mol. The van der Waals surface area contributed by atoms with Crippen molar-refractivity contribution in [3.63, 3.8) is 0 Å². The van der Waals surface area contributed by atoms with E-state index in [4.69, 9.17) is 4.42 Å². The van der Waals surface area contributed by atoms with E-state index in [-0.39, 0.29) is 11.5 Å². The molecule has 1 amide bonds. The van der Waals surface area contributed by atoms with Gasteiger partial charge in [0.15, 0.2) is 0 Å². The molecule has 0 saturated carbocycles. The summed E-state index contributed by atoms with van der Waals surface area (Å²) < 4.78 is 5.20. The summed E-state index contributed by atoms with van der Waals surface area (Å²) in [4.78, 5) is 27.0. The van der Waals surface area contributed by atoms with Gasteiger partial charge < -0.3 is 14.4 Å². The molecule has 3 heterocycles. The number of nitrogens with zero attached hydrogens (tertiary/aromatic N) is 3. The fourth-order valence-corrected chi connectivity index (χ4v) is 4.03. The third-order valence-corrected chi connectivity index (χ3v) is 5.69. The van der Waals surface area contributed by atoms with E-state index in [2.05, 4.69) is 22.1 Å². The Balaban J connectivity index is 1.51. The van der Waals surface area contributed by atoms with Gasteiger partial charge in [-0.3, -0.25) is 4.79 Å². The van der Waals surface area contributed by atoms with E-state index < -0.39 is 5.97 Å². The highest BCUT2D eigenvalue weighted by molar-refractivity contribution is 6.37. The fourth-order valence-electron chi connectivity index (χ4n) is 4.03. The molecular weight excluding hydrogens is 406 g/mol. The Bertz CT molecular complexity index is 1220. The SMILES string of the molecule is O=C(O)c1cccc(N2N=C(c3ccoc3)/C(=C/c3ccc(N4CCCC4)cc3)C2=O)c1. The minimum Gasteiger partial charge on any atom is -0.478 e. The first kappa shape index (κ1) is 19.8. The Morgan fingerprint density at radius 2 is 1.81 bits per heavy atom. The summed E-state index contributed by atoms with van der Waals surface area (Å²) in [7, 11) is 0. The minimum atomic E-state index is -1.06. The van der Waals surface area contributed by atoms with Crippen molar-refractivity contribution >= 4 is 35.0 Å². The largest absolute Gasteiger partial charge is 0.478 e. The van der Waals surface area contributed by atoms with Gasteiger partial charge in [-0.1, -0.05) is 18.2 Å². The second kappa shape index (κ2) is 8.19. The van der Waals surface area contributed by atoms with Gasteiger partial charge in [-0.25, -0.2) is 4.79 Å². The number of anilines is 2. The highest BCUT2D eigenvalue weighted by atomic mass is 16.4. The smallest absolute Gasteiger partial charge is 0.335 e. The maximum Gasteiger partial charge on any atom is 0.335 e. The molecule has 0 atom stereocenters. The first-order valence-electron chi connectivity index (χ1n) is 10.5. The number of carbonyl (C=O) groups is 2. The van der Waals surface area contributed by atoms with Gasteiger partial charge in [-0.05, 0) is 60.9 Å². The summed E-state index contributed by atoms with van der Waals surface area (Å²) in [6.07, 6.45) is 7.29. The summed E-state index contributed by atoms with van der Waals surface area (Å²) in [5.74, 6) is -1.39. The Hall–Kier alpha value is -4.13. The molecule has 0 unspecified atom stereocenters. The number of carboxylic acid groups (broad SMARTS) is 1. The van der Waals surface area contributed by atoms with E-state index in [1.165, 1.54) is 48.2 Å². The van der Waals surface area contributed by atoms with Crippen LogP contribution in [0.2, 0.25) is 0 Å². The van der Waals surface area contributed by atoms with Gasteiger partial charge in [-0.15, -0.1) is 0 Å². The standard InChI is InChI=1S/C25H21N3O4/c29-24-22(14-17-6-8-20(9-7-17)27-11-1-2-12-27)23(19-10-13-32-16-19)26-28(24)21-5-3-4-18(15-21)25(30)31/h3-10,13-16H,1-2,11-12H2,(H,30,31)/b22-14-. The van der Waals surface area contributed by atoms with E-state index in [0.717, 1.165) is 18.7 Å². The second-order valence-electron chi connectivity index (χ2n) is 7.78. The van der Waals surface area contributed by atoms with Gasteiger partial charge in [0.05, 0.1) is 29.4 Å². The van der Waals surface area contributed by atoms with E-state index in [9.17, 15) is 14.7 Å². The number of aromatic carboxylic acids is 1. The summed E-state index contributed by atoms with van der Waals surface area (Å²) >= 11 is 0. The maximum atomic E-state index is 13.3. The third kappa shape index (κ3) is 3.69. The van der Waals surface area contributed by atoms with Crippen molar-refractivity contribution in [2.75, 3.05) is 23.0 Å². The van der Waals surface area contributed by atoms with E-state index in [1.807, 2.05) is 18.2 Å². The van der Waals surface area contributed by atoms with Crippen LogP contribution in [0.15, 0.2) is 82.2 Å². The molecular formula is C25H21N3O4. The normalized spacial score (nSPS) is 17.3. The lowest BCUT2D eigenvalue weighted by molar-refractivity contribution is -0.114. The van der Waals surface area contributed by atoms with E-state index >= 15 is 0 Å². The van der Waals surface area contributed by atoms with Gasteiger partial charge >= 0.3 is 5.97 Å². The van der Waals surface area contributed by atoms with Crippen molar-refractivity contribution in [1.29, 1.82) is 0 Å². The van der Waals surface area contributed by atoms with Gasteiger partial charge in [0.2, 0.25) is 0 Å². The lowest BCUT2D eigenvalue weighted by Crippen LogP contribution is -2.21. The number of furan rings is 1. The molecule has 5 rings (SSSR count). The zero-order valence-electron chi connectivity index (χ0n) is 17.3. The fraction of sp³-hybridized carbons (Fsp3) is 0.160. The number of rotatable bonds is 5. The first-order valence-corrected chi connectivity index (χ1v) is 10.5. The van der Waals surface area contributed by atoms with E-state index in [0.29, 0.717) is 22.5 Å². The Labute approximate surface area is 184 Å². The van der Waals surface area contributed by atoms with Crippen LogP contribution in [0.5, 0.6) is 0 Å². The van der Waals surface area contributed by atoms with Crippen molar-refractivity contribution in [1.82, 2.24) is 0 Å². The lowest BCUT2D eigenvalue weighted by atomic mass is 10.0. The van der Waals surface area contributed by atoms with Crippen LogP contribution in [-0.2, 0) is 4.79 Å². The quantitative estimate of drug-likeness (QED) is 0.610. The van der Waals surface area contributed by atoms with Crippen LogP contribution in [0.3, 0.4) is 0 Å². The molecule has 2 aliphatic heterocycles. The Morgan fingerprint density at radius 1 is 1.03 bits per heavy atom. The monoisotopic (exact) mass is 427 g/mol. The zero-order chi connectivity index (χ0) is 22.1.